The minimum atomic E-state index is -3.53. The van der Waals surface area contributed by atoms with Crippen LogP contribution in [0, 0.1) is 0 Å². The van der Waals surface area contributed by atoms with Gasteiger partial charge in [-0.05, 0) is 58.4 Å². The molecule has 1 saturated carbocycles. The summed E-state index contributed by atoms with van der Waals surface area (Å²) in [5, 5.41) is 16.2. The molecule has 1 amide bonds. The van der Waals surface area contributed by atoms with Crippen molar-refractivity contribution in [2.24, 2.45) is 0 Å². The maximum atomic E-state index is 13.5. The van der Waals surface area contributed by atoms with E-state index in [2.05, 4.69) is 15.4 Å². The summed E-state index contributed by atoms with van der Waals surface area (Å²) < 4.78 is 35.7. The lowest BCUT2D eigenvalue weighted by molar-refractivity contribution is 0.0895. The average molecular weight is 482 g/mol. The summed E-state index contributed by atoms with van der Waals surface area (Å²) in [6.07, 6.45) is 6.65. The number of amides is 1. The molecule has 0 aromatic carbocycles. The van der Waals surface area contributed by atoms with Gasteiger partial charge in [0.25, 0.3) is 16.1 Å². The van der Waals surface area contributed by atoms with Crippen LogP contribution in [0.4, 0.5) is 0 Å². The number of aliphatic hydroxyl groups is 1. The summed E-state index contributed by atoms with van der Waals surface area (Å²) in [6, 6.07) is 1.84. The second-order valence-electron chi connectivity index (χ2n) is 10.1. The first-order chi connectivity index (χ1) is 15.9. The van der Waals surface area contributed by atoms with Crippen molar-refractivity contribution in [1.82, 2.24) is 24.0 Å². The lowest BCUT2D eigenvalue weighted by atomic mass is 9.99. The first-order valence-corrected chi connectivity index (χ1v) is 13.6. The Bertz CT molecular complexity index is 942. The van der Waals surface area contributed by atoms with Crippen LogP contribution in [0.15, 0.2) is 10.6 Å². The molecular weight excluding hydrogens is 446 g/mol. The molecule has 0 unspecified atom stereocenters. The van der Waals surface area contributed by atoms with Gasteiger partial charge < -0.3 is 19.8 Å². The predicted molar refractivity (Wildman–Crippen MR) is 121 cm³/mol. The van der Waals surface area contributed by atoms with Gasteiger partial charge in [-0.2, -0.15) is 17.0 Å². The van der Waals surface area contributed by atoms with Crippen molar-refractivity contribution in [3.8, 4) is 0 Å². The molecule has 4 heterocycles. The lowest BCUT2D eigenvalue weighted by Crippen LogP contribution is -2.57. The van der Waals surface area contributed by atoms with E-state index in [1.807, 2.05) is 7.05 Å². The summed E-state index contributed by atoms with van der Waals surface area (Å²) in [4.78, 5) is 14.8. The SMILES string of the molecule is CN(CCO)C1CCN(S(=O)(=O)N2[C@@H]3CC[C@H]2C[C@@H](NC(=O)c2cc(C4CC4)on2)C3)CC1. The molecule has 1 aromatic rings. The third kappa shape index (κ3) is 4.70. The first-order valence-electron chi connectivity index (χ1n) is 12.2. The Labute approximate surface area is 195 Å². The standard InChI is InChI=1S/C22H35N5O5S/c1-25(10-11-28)17-6-8-26(9-7-17)33(30,31)27-18-4-5-19(27)13-16(12-18)23-22(29)20-14-21(32-24-20)15-2-3-15/h14-19,28H,2-13H2,1H3,(H,23,29)/t16-,18+,19-. The molecule has 184 valence electrons. The molecule has 2 N–H and O–H groups in total. The van der Waals surface area contributed by atoms with Crippen LogP contribution >= 0.6 is 0 Å². The number of rotatable bonds is 8. The molecule has 1 aromatic heterocycles. The van der Waals surface area contributed by atoms with Crippen LogP contribution in [-0.2, 0) is 10.2 Å². The van der Waals surface area contributed by atoms with Crippen LogP contribution < -0.4 is 5.32 Å². The van der Waals surface area contributed by atoms with Gasteiger partial charge in [0, 0.05) is 55.8 Å². The van der Waals surface area contributed by atoms with Gasteiger partial charge in [-0.1, -0.05) is 5.16 Å². The van der Waals surface area contributed by atoms with Gasteiger partial charge in [0.05, 0.1) is 6.61 Å². The predicted octanol–water partition coefficient (Wildman–Crippen LogP) is 0.911. The minimum absolute atomic E-state index is 0.0552. The minimum Gasteiger partial charge on any atom is -0.395 e. The third-order valence-electron chi connectivity index (χ3n) is 7.83. The molecule has 0 radical (unpaired) electrons. The Balaban J connectivity index is 1.18. The maximum Gasteiger partial charge on any atom is 0.282 e. The van der Waals surface area contributed by atoms with Crippen molar-refractivity contribution in [2.45, 2.75) is 81.5 Å². The Hall–Kier alpha value is -1.53. The van der Waals surface area contributed by atoms with Gasteiger partial charge in [0.2, 0.25) is 0 Å². The quantitative estimate of drug-likeness (QED) is 0.566. The summed E-state index contributed by atoms with van der Waals surface area (Å²) in [5.74, 6) is 0.955. The molecule has 3 atom stereocenters. The van der Waals surface area contributed by atoms with E-state index in [-0.39, 0.29) is 30.6 Å². The largest absolute Gasteiger partial charge is 0.395 e. The fourth-order valence-electron chi connectivity index (χ4n) is 5.83. The molecular formula is C22H35N5O5S. The van der Waals surface area contributed by atoms with Crippen LogP contribution in [0.5, 0.6) is 0 Å². The Morgan fingerprint density at radius 2 is 1.85 bits per heavy atom. The van der Waals surface area contributed by atoms with Gasteiger partial charge in [-0.3, -0.25) is 4.79 Å². The summed E-state index contributed by atoms with van der Waals surface area (Å²) in [5.41, 5.74) is 0.313. The van der Waals surface area contributed by atoms with Crippen molar-refractivity contribution in [1.29, 1.82) is 0 Å². The van der Waals surface area contributed by atoms with Gasteiger partial charge in [-0.15, -0.1) is 0 Å². The second kappa shape index (κ2) is 9.26. The Morgan fingerprint density at radius 3 is 2.45 bits per heavy atom. The number of likely N-dealkylation sites (N-methyl/N-ethyl adjacent to an activating group) is 1. The van der Waals surface area contributed by atoms with Crippen LogP contribution in [0.3, 0.4) is 0 Å². The fourth-order valence-corrected chi connectivity index (χ4v) is 7.91. The van der Waals surface area contributed by atoms with Gasteiger partial charge in [0.1, 0.15) is 5.76 Å². The van der Waals surface area contributed by atoms with Gasteiger partial charge in [0.15, 0.2) is 5.69 Å². The van der Waals surface area contributed by atoms with E-state index in [1.54, 1.807) is 14.7 Å². The molecule has 1 aliphatic carbocycles. The van der Waals surface area contributed by atoms with E-state index in [0.29, 0.717) is 50.1 Å². The van der Waals surface area contributed by atoms with Crippen molar-refractivity contribution in [3.63, 3.8) is 0 Å². The number of aliphatic hydroxyl groups excluding tert-OH is 1. The van der Waals surface area contributed by atoms with E-state index in [9.17, 15) is 13.2 Å². The smallest absolute Gasteiger partial charge is 0.282 e. The van der Waals surface area contributed by atoms with Crippen molar-refractivity contribution < 1.29 is 22.8 Å². The van der Waals surface area contributed by atoms with Crippen molar-refractivity contribution in [2.75, 3.05) is 33.3 Å². The van der Waals surface area contributed by atoms with Crippen LogP contribution in [0.25, 0.3) is 0 Å². The highest BCUT2D eigenvalue weighted by atomic mass is 32.2. The monoisotopic (exact) mass is 481 g/mol. The van der Waals surface area contributed by atoms with Crippen LogP contribution in [0.1, 0.15) is 73.5 Å². The summed E-state index contributed by atoms with van der Waals surface area (Å²) in [7, 11) is -1.54. The van der Waals surface area contributed by atoms with Crippen LogP contribution in [-0.4, -0.2) is 95.6 Å². The molecule has 4 aliphatic rings. The number of carbonyl (C=O) groups excluding carboxylic acids is 1. The van der Waals surface area contributed by atoms with Crippen LogP contribution in [0.2, 0.25) is 0 Å². The highest BCUT2D eigenvalue weighted by Gasteiger charge is 2.49. The third-order valence-corrected chi connectivity index (χ3v) is 9.98. The number of hydrogen-bond donors (Lipinski definition) is 2. The average Bonchev–Trinajstić information content (AvgIpc) is 3.45. The zero-order chi connectivity index (χ0) is 23.2. The molecule has 3 saturated heterocycles. The van der Waals surface area contributed by atoms with E-state index in [0.717, 1.165) is 44.3 Å². The lowest BCUT2D eigenvalue weighted by Gasteiger charge is -2.43. The molecule has 3 aliphatic heterocycles. The molecule has 0 spiro atoms. The Kier molecular flexibility index (Phi) is 6.51. The molecule has 5 rings (SSSR count). The van der Waals surface area contributed by atoms with E-state index >= 15 is 0 Å². The van der Waals surface area contributed by atoms with Crippen molar-refractivity contribution >= 4 is 16.1 Å². The molecule has 10 nitrogen and oxygen atoms in total. The highest BCUT2D eigenvalue weighted by Crippen LogP contribution is 2.41. The number of fused-ring (bicyclic) bond motifs is 2. The zero-order valence-corrected chi connectivity index (χ0v) is 20.0. The summed E-state index contributed by atoms with van der Waals surface area (Å²) >= 11 is 0. The molecule has 4 fully saturated rings. The fraction of sp³-hybridized carbons (Fsp3) is 0.818. The second-order valence-corrected chi connectivity index (χ2v) is 11.9. The number of hydrogen-bond acceptors (Lipinski definition) is 7. The molecule has 11 heteroatoms. The molecule has 2 bridgehead atoms. The zero-order valence-electron chi connectivity index (χ0n) is 19.2. The number of nitrogens with zero attached hydrogens (tertiary/aromatic N) is 4. The number of carbonyl (C=O) groups is 1. The van der Waals surface area contributed by atoms with E-state index < -0.39 is 10.2 Å². The van der Waals surface area contributed by atoms with Gasteiger partial charge in [-0.25, -0.2) is 0 Å². The van der Waals surface area contributed by atoms with Crippen molar-refractivity contribution in [3.05, 3.63) is 17.5 Å². The maximum absolute atomic E-state index is 13.5. The highest BCUT2D eigenvalue weighted by molar-refractivity contribution is 7.86. The van der Waals surface area contributed by atoms with Gasteiger partial charge >= 0.3 is 0 Å². The number of nitrogens with one attached hydrogen (secondary N) is 1. The summed E-state index contributed by atoms with van der Waals surface area (Å²) in [6.45, 7) is 1.74. The first kappa shape index (κ1) is 23.2. The van der Waals surface area contributed by atoms with E-state index in [1.165, 1.54) is 0 Å². The topological polar surface area (TPSA) is 119 Å². The van der Waals surface area contributed by atoms with E-state index in [4.69, 9.17) is 9.63 Å². The Morgan fingerprint density at radius 1 is 1.18 bits per heavy atom. The normalized spacial score (nSPS) is 29.6. The number of aromatic nitrogens is 1. The number of piperidine rings is 2. The molecule has 33 heavy (non-hydrogen) atoms.